The molecule has 0 saturated carbocycles. The SMILES string of the molecule is CCc1ccc(NC(=O)Cn2cc(C(O)CC)nn2)cc1. The molecule has 112 valence electrons. The summed E-state index contributed by atoms with van der Waals surface area (Å²) in [4.78, 5) is 11.9. The van der Waals surface area contributed by atoms with Crippen molar-refractivity contribution in [1.29, 1.82) is 0 Å². The third-order valence-corrected chi connectivity index (χ3v) is 3.24. The smallest absolute Gasteiger partial charge is 0.246 e. The Kier molecular flexibility index (Phi) is 5.05. The maximum Gasteiger partial charge on any atom is 0.246 e. The van der Waals surface area contributed by atoms with Gasteiger partial charge in [0.1, 0.15) is 12.2 Å². The zero-order valence-corrected chi connectivity index (χ0v) is 12.3. The summed E-state index contributed by atoms with van der Waals surface area (Å²) in [5.74, 6) is -0.179. The Balaban J connectivity index is 1.93. The number of anilines is 1. The van der Waals surface area contributed by atoms with Crippen molar-refractivity contribution < 1.29 is 9.90 Å². The molecule has 1 heterocycles. The molecular formula is C15H20N4O2. The first-order chi connectivity index (χ1) is 10.1. The molecule has 21 heavy (non-hydrogen) atoms. The van der Waals surface area contributed by atoms with E-state index in [0.717, 1.165) is 12.1 Å². The zero-order valence-electron chi connectivity index (χ0n) is 12.3. The van der Waals surface area contributed by atoms with E-state index < -0.39 is 6.10 Å². The topological polar surface area (TPSA) is 80.0 Å². The van der Waals surface area contributed by atoms with Gasteiger partial charge in [-0.1, -0.05) is 31.2 Å². The summed E-state index contributed by atoms with van der Waals surface area (Å²) in [5.41, 5.74) is 2.46. The van der Waals surface area contributed by atoms with Gasteiger partial charge < -0.3 is 10.4 Å². The summed E-state index contributed by atoms with van der Waals surface area (Å²) in [6.07, 6.45) is 2.49. The number of aromatic nitrogens is 3. The van der Waals surface area contributed by atoms with E-state index >= 15 is 0 Å². The minimum atomic E-state index is -0.636. The molecule has 0 aliphatic heterocycles. The third-order valence-electron chi connectivity index (χ3n) is 3.24. The molecule has 0 fully saturated rings. The molecule has 1 aromatic heterocycles. The molecule has 1 aromatic carbocycles. The fraction of sp³-hybridized carbons (Fsp3) is 0.400. The highest BCUT2D eigenvalue weighted by atomic mass is 16.3. The molecule has 2 N–H and O–H groups in total. The standard InChI is InChI=1S/C15H20N4O2/c1-3-11-5-7-12(8-6-11)16-15(21)10-19-9-13(17-18-19)14(20)4-2/h5-9,14,20H,3-4,10H2,1-2H3,(H,16,21). The second kappa shape index (κ2) is 6.99. The highest BCUT2D eigenvalue weighted by Gasteiger charge is 2.11. The Bertz CT molecular complexity index is 592. The van der Waals surface area contributed by atoms with E-state index in [1.807, 2.05) is 31.2 Å². The first kappa shape index (κ1) is 15.2. The lowest BCUT2D eigenvalue weighted by molar-refractivity contribution is -0.116. The molecule has 0 aliphatic carbocycles. The lowest BCUT2D eigenvalue weighted by Crippen LogP contribution is -2.19. The van der Waals surface area contributed by atoms with E-state index in [2.05, 4.69) is 22.6 Å². The van der Waals surface area contributed by atoms with E-state index in [1.165, 1.54) is 10.2 Å². The molecule has 0 bridgehead atoms. The summed E-state index contributed by atoms with van der Waals surface area (Å²) in [6, 6.07) is 7.73. The van der Waals surface area contributed by atoms with Gasteiger partial charge in [-0.2, -0.15) is 0 Å². The Morgan fingerprint density at radius 1 is 1.33 bits per heavy atom. The van der Waals surface area contributed by atoms with Crippen molar-refractivity contribution in [3.05, 3.63) is 41.7 Å². The summed E-state index contributed by atoms with van der Waals surface area (Å²) >= 11 is 0. The second-order valence-corrected chi connectivity index (χ2v) is 4.86. The Morgan fingerprint density at radius 3 is 2.67 bits per heavy atom. The second-order valence-electron chi connectivity index (χ2n) is 4.86. The first-order valence-electron chi connectivity index (χ1n) is 7.09. The lowest BCUT2D eigenvalue weighted by atomic mass is 10.1. The first-order valence-corrected chi connectivity index (χ1v) is 7.09. The monoisotopic (exact) mass is 288 g/mol. The largest absolute Gasteiger partial charge is 0.387 e. The van der Waals surface area contributed by atoms with Gasteiger partial charge in [-0.3, -0.25) is 4.79 Å². The zero-order chi connectivity index (χ0) is 15.2. The molecule has 2 rings (SSSR count). The van der Waals surface area contributed by atoms with Gasteiger partial charge in [0.25, 0.3) is 0 Å². The Morgan fingerprint density at radius 2 is 2.05 bits per heavy atom. The molecule has 2 aromatic rings. The number of carbonyl (C=O) groups is 1. The fourth-order valence-electron chi connectivity index (χ4n) is 1.92. The number of amides is 1. The predicted octanol–water partition coefficient (Wildman–Crippen LogP) is 1.92. The van der Waals surface area contributed by atoms with Gasteiger partial charge in [0.15, 0.2) is 0 Å². The van der Waals surface area contributed by atoms with E-state index in [1.54, 1.807) is 6.20 Å². The lowest BCUT2D eigenvalue weighted by Gasteiger charge is -2.06. The summed E-state index contributed by atoms with van der Waals surface area (Å²) in [7, 11) is 0. The van der Waals surface area contributed by atoms with Crippen molar-refractivity contribution in [3.63, 3.8) is 0 Å². The van der Waals surface area contributed by atoms with Crippen LogP contribution in [0.5, 0.6) is 0 Å². The fourth-order valence-corrected chi connectivity index (χ4v) is 1.92. The van der Waals surface area contributed by atoms with E-state index in [-0.39, 0.29) is 12.5 Å². The van der Waals surface area contributed by atoms with Crippen molar-refractivity contribution in [2.24, 2.45) is 0 Å². The van der Waals surface area contributed by atoms with Crippen molar-refractivity contribution in [2.75, 3.05) is 5.32 Å². The number of hydrogen-bond donors (Lipinski definition) is 2. The average Bonchev–Trinajstić information content (AvgIpc) is 2.95. The molecule has 1 amide bonds. The number of rotatable bonds is 6. The molecule has 0 spiro atoms. The van der Waals surface area contributed by atoms with Crippen LogP contribution in [-0.2, 0) is 17.8 Å². The van der Waals surface area contributed by atoms with Crippen LogP contribution in [0.4, 0.5) is 5.69 Å². The van der Waals surface area contributed by atoms with E-state index in [0.29, 0.717) is 12.1 Å². The summed E-state index contributed by atoms with van der Waals surface area (Å²) in [6.45, 7) is 4.01. The van der Waals surface area contributed by atoms with Crippen molar-refractivity contribution in [1.82, 2.24) is 15.0 Å². The summed E-state index contributed by atoms with van der Waals surface area (Å²) in [5, 5.41) is 20.1. The number of carbonyl (C=O) groups excluding carboxylic acids is 1. The number of aliphatic hydroxyl groups excluding tert-OH is 1. The van der Waals surface area contributed by atoms with Gasteiger partial charge in [-0.15, -0.1) is 5.10 Å². The van der Waals surface area contributed by atoms with Gasteiger partial charge in [0.05, 0.1) is 12.3 Å². The molecule has 1 unspecified atom stereocenters. The third kappa shape index (κ3) is 4.13. The van der Waals surface area contributed by atoms with Gasteiger partial charge in [0.2, 0.25) is 5.91 Å². The molecule has 0 aliphatic rings. The number of aryl methyl sites for hydroxylation is 1. The number of benzene rings is 1. The normalized spacial score (nSPS) is 12.1. The Labute approximate surface area is 123 Å². The van der Waals surface area contributed by atoms with Crippen LogP contribution in [0.1, 0.15) is 37.6 Å². The van der Waals surface area contributed by atoms with Crippen LogP contribution in [-0.4, -0.2) is 26.0 Å². The van der Waals surface area contributed by atoms with Crippen LogP contribution >= 0.6 is 0 Å². The number of nitrogens with zero attached hydrogens (tertiary/aromatic N) is 3. The number of nitrogens with one attached hydrogen (secondary N) is 1. The van der Waals surface area contributed by atoms with Crippen LogP contribution < -0.4 is 5.32 Å². The molecule has 6 heteroatoms. The minimum Gasteiger partial charge on any atom is -0.387 e. The maximum absolute atomic E-state index is 11.9. The van der Waals surface area contributed by atoms with Crippen LogP contribution in [0.2, 0.25) is 0 Å². The summed E-state index contributed by atoms with van der Waals surface area (Å²) < 4.78 is 1.42. The highest BCUT2D eigenvalue weighted by molar-refractivity contribution is 5.90. The van der Waals surface area contributed by atoms with Crippen molar-refractivity contribution in [3.8, 4) is 0 Å². The Hall–Kier alpha value is -2.21. The van der Waals surface area contributed by atoms with Crippen LogP contribution in [0, 0.1) is 0 Å². The van der Waals surface area contributed by atoms with Gasteiger partial charge in [-0.25, -0.2) is 4.68 Å². The quantitative estimate of drug-likeness (QED) is 0.851. The van der Waals surface area contributed by atoms with E-state index in [4.69, 9.17) is 0 Å². The molecule has 1 atom stereocenters. The van der Waals surface area contributed by atoms with Crippen molar-refractivity contribution >= 4 is 11.6 Å². The van der Waals surface area contributed by atoms with Crippen LogP contribution in [0.3, 0.4) is 0 Å². The van der Waals surface area contributed by atoms with Gasteiger partial charge in [-0.05, 0) is 30.5 Å². The maximum atomic E-state index is 11.9. The van der Waals surface area contributed by atoms with E-state index in [9.17, 15) is 9.90 Å². The number of hydrogen-bond acceptors (Lipinski definition) is 4. The van der Waals surface area contributed by atoms with Crippen molar-refractivity contribution in [2.45, 2.75) is 39.3 Å². The minimum absolute atomic E-state index is 0.0684. The molecular weight excluding hydrogens is 268 g/mol. The van der Waals surface area contributed by atoms with Crippen LogP contribution in [0.25, 0.3) is 0 Å². The highest BCUT2D eigenvalue weighted by Crippen LogP contribution is 2.12. The molecule has 0 saturated heterocycles. The number of aliphatic hydroxyl groups is 1. The molecule has 0 radical (unpaired) electrons. The van der Waals surface area contributed by atoms with Crippen LogP contribution in [0.15, 0.2) is 30.5 Å². The average molecular weight is 288 g/mol. The molecule has 6 nitrogen and oxygen atoms in total. The predicted molar refractivity (Wildman–Crippen MR) is 79.7 cm³/mol. The van der Waals surface area contributed by atoms with Gasteiger partial charge >= 0.3 is 0 Å². The van der Waals surface area contributed by atoms with Gasteiger partial charge in [0, 0.05) is 5.69 Å².